The molecule has 0 aromatic rings. The van der Waals surface area contributed by atoms with E-state index in [1.807, 2.05) is 47.6 Å². The van der Waals surface area contributed by atoms with E-state index >= 15 is 4.79 Å². The third kappa shape index (κ3) is 11.8. The molecule has 9 aliphatic rings. The number of ether oxygens (including phenoxy) is 11. The molecule has 6 fully saturated rings. The first-order chi connectivity index (χ1) is 38.6. The van der Waals surface area contributed by atoms with Crippen LogP contribution in [-0.4, -0.2) is 180 Å². The van der Waals surface area contributed by atoms with E-state index in [1.54, 1.807) is 26.8 Å². The predicted molar refractivity (Wildman–Crippen MR) is 295 cm³/mol. The number of alkyl carbamates (subject to hydrolysis) is 1. The molecule has 5 saturated heterocycles. The number of esters is 1. The molecule has 9 rings (SSSR count). The average Bonchev–Trinajstić information content (AvgIpc) is 3.56. The molecule has 21 nitrogen and oxygen atoms in total. The second-order valence-electron chi connectivity index (χ2n) is 25.8. The number of methoxy groups -OCH3 is 2. The zero-order chi connectivity index (χ0) is 59.7. The Bertz CT molecular complexity index is 2490. The number of aliphatic hydroxyl groups excluding tert-OH is 5. The van der Waals surface area contributed by atoms with Gasteiger partial charge in [-0.05, 0) is 96.1 Å². The van der Waals surface area contributed by atoms with E-state index in [1.165, 1.54) is 14.2 Å². The highest BCUT2D eigenvalue weighted by atomic mass is 16.7. The van der Waals surface area contributed by atoms with Gasteiger partial charge in [-0.15, -0.1) is 0 Å². The molecule has 0 aromatic heterocycles. The van der Waals surface area contributed by atoms with Gasteiger partial charge in [-0.1, -0.05) is 63.6 Å². The van der Waals surface area contributed by atoms with Gasteiger partial charge in [0.15, 0.2) is 30.8 Å². The molecule has 5 aliphatic heterocycles. The van der Waals surface area contributed by atoms with E-state index in [4.69, 9.17) is 57.8 Å². The number of ketones is 1. The number of Topliss-reactive ketones (excluding diaryl/α,β-unsaturated/α-hetero) is 1. The van der Waals surface area contributed by atoms with E-state index in [9.17, 15) is 35.1 Å². The molecule has 1 amide bonds. The number of fused-ring (bicyclic) bond motifs is 4. The van der Waals surface area contributed by atoms with E-state index in [-0.39, 0.29) is 73.7 Å². The lowest BCUT2D eigenvalue weighted by Crippen LogP contribution is -2.66. The van der Waals surface area contributed by atoms with Crippen molar-refractivity contribution in [1.29, 1.82) is 0 Å². The Morgan fingerprint density at radius 2 is 1.37 bits per heavy atom. The highest BCUT2D eigenvalue weighted by molar-refractivity contribution is 6.26. The van der Waals surface area contributed by atoms with Crippen molar-refractivity contribution >= 4 is 17.8 Å². The van der Waals surface area contributed by atoms with Crippen LogP contribution < -0.4 is 11.1 Å². The fourth-order valence-corrected chi connectivity index (χ4v) is 15.7. The van der Waals surface area contributed by atoms with Gasteiger partial charge in [-0.2, -0.15) is 0 Å². The van der Waals surface area contributed by atoms with Crippen LogP contribution in [0.1, 0.15) is 121 Å². The quantitative estimate of drug-likeness (QED) is 0.0789. The maximum Gasteiger partial charge on any atom is 0.407 e. The molecule has 2 bridgehead atoms. The second-order valence-corrected chi connectivity index (χ2v) is 25.8. The minimum Gasteiger partial charge on any atom is -0.511 e. The second kappa shape index (κ2) is 24.6. The first kappa shape index (κ1) is 62.9. The van der Waals surface area contributed by atoms with Gasteiger partial charge in [0.1, 0.15) is 29.6 Å². The maximum absolute atomic E-state index is 15.6. The standard InChI is InChI=1S/C61H92N2O19/c1-27-14-17-42(78-47-25-59(10,62)54(35(9)77-47)63-58(71)73-13)28(2)19-37-20-36(26-64)31(5)24-61(37)56(69)48(57(70)82-61)55(68)60(11)39(27)16-15-38-49(60)29(3)18-30(4)51(38)80-46-23-43(50(67)32(6)74-46)79-44-22-41(66)53(34(8)76-44)81-45-21-40(65)52(72-12)33(7)75-45/h14-16,19-20,29-35,37-47,49-54,64-68H,17-18,21-26,62H2,1-13H3,(H,63,71)/t29-,30+,31+,32?,33?,34?,35?,37+,38-,39-,40?,41?,42-,43?,44?,45?,46?,47?,49+,50?,51-,52?,53?,54?,59?,60+,61-/m0/s1. The van der Waals surface area contributed by atoms with Crippen molar-refractivity contribution in [3.8, 4) is 0 Å². The molecule has 16 unspecified atom stereocenters. The van der Waals surface area contributed by atoms with Crippen molar-refractivity contribution in [3.05, 3.63) is 58.4 Å². The molecule has 1 spiro atoms. The summed E-state index contributed by atoms with van der Waals surface area (Å²) in [7, 11) is 2.79. The van der Waals surface area contributed by atoms with Crippen molar-refractivity contribution < 1.29 is 92.0 Å². The lowest BCUT2D eigenvalue weighted by Gasteiger charge is -2.56. The number of aliphatic hydroxyl groups is 5. The van der Waals surface area contributed by atoms with Crippen LogP contribution in [-0.2, 0) is 61.7 Å². The van der Waals surface area contributed by atoms with Crippen LogP contribution in [0.2, 0.25) is 0 Å². The largest absolute Gasteiger partial charge is 0.511 e. The smallest absolute Gasteiger partial charge is 0.407 e. The highest BCUT2D eigenvalue weighted by Crippen LogP contribution is 2.61. The summed E-state index contributed by atoms with van der Waals surface area (Å²) in [6, 6.07) is -0.595. The fourth-order valence-electron chi connectivity index (χ4n) is 15.7. The number of nitrogens with two attached hydrogens (primary N) is 1. The Hall–Kier alpha value is -3.65. The number of rotatable bonds is 11. The van der Waals surface area contributed by atoms with Gasteiger partial charge in [0.25, 0.3) is 0 Å². The Labute approximate surface area is 482 Å². The number of carbonyl (C=O) groups excluding carboxylic acids is 3. The fraction of sp³-hybridized carbons (Fsp3) is 0.787. The highest BCUT2D eigenvalue weighted by Gasteiger charge is 2.64. The number of nitrogens with one attached hydrogen (secondary N) is 1. The topological polar surface area (TPSA) is 292 Å². The molecule has 21 heteroatoms. The number of hydrogen-bond acceptors (Lipinski definition) is 20. The molecule has 0 radical (unpaired) electrons. The summed E-state index contributed by atoms with van der Waals surface area (Å²) in [5.74, 6) is -4.54. The summed E-state index contributed by atoms with van der Waals surface area (Å²) >= 11 is 0. The normalized spacial score (nSPS) is 48.1. The van der Waals surface area contributed by atoms with Gasteiger partial charge in [0, 0.05) is 67.9 Å². The van der Waals surface area contributed by atoms with Gasteiger partial charge < -0.3 is 88.7 Å². The van der Waals surface area contributed by atoms with Crippen LogP contribution >= 0.6 is 0 Å². The Kier molecular flexibility index (Phi) is 18.9. The number of hydrogen-bond donors (Lipinski definition) is 7. The van der Waals surface area contributed by atoms with Gasteiger partial charge in [0.05, 0.1) is 74.7 Å². The van der Waals surface area contributed by atoms with Crippen LogP contribution in [0, 0.1) is 46.8 Å². The van der Waals surface area contributed by atoms with Crippen molar-refractivity contribution in [2.75, 3.05) is 20.8 Å². The minimum absolute atomic E-state index is 0.0320. The summed E-state index contributed by atoms with van der Waals surface area (Å²) in [6.45, 7) is 20.6. The molecule has 0 aromatic carbocycles. The van der Waals surface area contributed by atoms with E-state index in [0.717, 1.165) is 5.57 Å². The molecule has 1 saturated carbocycles. The van der Waals surface area contributed by atoms with E-state index in [2.05, 4.69) is 37.4 Å². The average molecular weight is 1160 g/mol. The lowest BCUT2D eigenvalue weighted by atomic mass is 9.49. The van der Waals surface area contributed by atoms with Gasteiger partial charge in [0.2, 0.25) is 5.78 Å². The summed E-state index contributed by atoms with van der Waals surface area (Å²) < 4.78 is 68.4. The zero-order valence-corrected chi connectivity index (χ0v) is 49.9. The predicted octanol–water partition coefficient (Wildman–Crippen LogP) is 5.25. The van der Waals surface area contributed by atoms with Crippen LogP contribution in [0.3, 0.4) is 0 Å². The third-order valence-corrected chi connectivity index (χ3v) is 19.9. The molecular formula is C61H92N2O19. The van der Waals surface area contributed by atoms with Crippen molar-refractivity contribution in [2.45, 2.75) is 237 Å². The number of carbonyl (C=O) groups is 3. The molecule has 4 aliphatic carbocycles. The Morgan fingerprint density at radius 1 is 0.744 bits per heavy atom. The lowest BCUT2D eigenvalue weighted by molar-refractivity contribution is -0.335. The van der Waals surface area contributed by atoms with E-state index in [0.29, 0.717) is 24.0 Å². The first-order valence-electron chi connectivity index (χ1n) is 29.7. The molecule has 27 atom stereocenters. The van der Waals surface area contributed by atoms with Crippen LogP contribution in [0.5, 0.6) is 0 Å². The summed E-state index contributed by atoms with van der Waals surface area (Å²) in [5.41, 5.74) is 4.75. The minimum atomic E-state index is -1.75. The van der Waals surface area contributed by atoms with Gasteiger partial charge in [-0.3, -0.25) is 4.79 Å². The SMILES string of the molecule is COC(=O)NC1C(C)OC(O[C@H]2CC=C(C)[C@@H]3C=C[C@@H]4[C@@H](OC5CC(OC6CC(O)C(OC7CC(O)C(OC)C(C)O7)C(C)O6)C(O)C(C)O5)[C@H](C)C[C@H](C)[C@H]4[C@]3(C)C(O)=C3C(=O)O[C@]4(C[C@@H](C)C(CO)=C[C@H]4C=C2C)C3=O)CC1(C)N. The molecule has 8 N–H and O–H groups in total. The van der Waals surface area contributed by atoms with Crippen LogP contribution in [0.25, 0.3) is 0 Å². The monoisotopic (exact) mass is 1160 g/mol. The molecular weight excluding hydrogens is 1060 g/mol. The maximum atomic E-state index is 15.6. The van der Waals surface area contributed by atoms with E-state index < -0.39 is 157 Å². The Balaban J connectivity index is 1.00. The number of amides is 1. The Morgan fingerprint density at radius 3 is 2.00 bits per heavy atom. The summed E-state index contributed by atoms with van der Waals surface area (Å²) in [6.07, 6.45) is -1.16. The zero-order valence-electron chi connectivity index (χ0n) is 49.9. The third-order valence-electron chi connectivity index (χ3n) is 19.9. The molecule has 460 valence electrons. The number of allylic oxidation sites excluding steroid dienone is 3. The van der Waals surface area contributed by atoms with Gasteiger partial charge in [-0.25, -0.2) is 9.59 Å². The molecule has 82 heavy (non-hydrogen) atoms. The molecule has 5 heterocycles. The summed E-state index contributed by atoms with van der Waals surface area (Å²) in [5, 5.41) is 60.3. The van der Waals surface area contributed by atoms with Crippen LogP contribution in [0.15, 0.2) is 58.4 Å². The van der Waals surface area contributed by atoms with Crippen LogP contribution in [0.4, 0.5) is 4.79 Å². The van der Waals surface area contributed by atoms with Crippen molar-refractivity contribution in [1.82, 2.24) is 5.32 Å². The first-order valence-corrected chi connectivity index (χ1v) is 29.7. The van der Waals surface area contributed by atoms with Crippen molar-refractivity contribution in [2.24, 2.45) is 52.6 Å². The van der Waals surface area contributed by atoms with Gasteiger partial charge >= 0.3 is 12.1 Å². The summed E-state index contributed by atoms with van der Waals surface area (Å²) in [4.78, 5) is 42.6. The van der Waals surface area contributed by atoms with Crippen molar-refractivity contribution in [3.63, 3.8) is 0 Å².